The number of nitrogen functional groups attached to an aromatic ring is 1. The normalized spacial score (nSPS) is 10.4. The highest BCUT2D eigenvalue weighted by molar-refractivity contribution is 7.11. The molecule has 0 fully saturated rings. The minimum absolute atomic E-state index is 0.305. The number of nitrogens with zero attached hydrogens (tertiary/aromatic N) is 2. The van der Waals surface area contributed by atoms with Gasteiger partial charge in [0.2, 0.25) is 0 Å². The van der Waals surface area contributed by atoms with Crippen LogP contribution in [0.4, 0.5) is 11.5 Å². The second-order valence-corrected chi connectivity index (χ2v) is 5.51. The molecule has 0 aliphatic heterocycles. The lowest BCUT2D eigenvalue weighted by Crippen LogP contribution is -2.12. The van der Waals surface area contributed by atoms with E-state index in [1.807, 2.05) is 6.20 Å². The predicted octanol–water partition coefficient (Wildman–Crippen LogP) is 2.47. The molecule has 0 amide bonds. The summed E-state index contributed by atoms with van der Waals surface area (Å²) in [6.45, 7) is 4.66. The first-order valence-corrected chi connectivity index (χ1v) is 7.55. The van der Waals surface area contributed by atoms with Crippen molar-refractivity contribution in [1.82, 2.24) is 9.97 Å². The SMILES string of the molecule is CCOC(=O)c1cc(N)cnc1NCc1ncc(CC)s1. The molecule has 2 rings (SSSR count). The number of carbonyl (C=O) groups excluding carboxylic acids is 1. The summed E-state index contributed by atoms with van der Waals surface area (Å²) in [7, 11) is 0. The van der Waals surface area contributed by atoms with Crippen molar-refractivity contribution < 1.29 is 9.53 Å². The lowest BCUT2D eigenvalue weighted by atomic mass is 10.2. The summed E-state index contributed by atoms with van der Waals surface area (Å²) in [4.78, 5) is 21.6. The van der Waals surface area contributed by atoms with Crippen LogP contribution in [0.5, 0.6) is 0 Å². The molecule has 0 atom stereocenters. The lowest BCUT2D eigenvalue weighted by Gasteiger charge is -2.10. The number of aryl methyl sites for hydroxylation is 1. The Morgan fingerprint density at radius 2 is 2.19 bits per heavy atom. The standard InChI is InChI=1S/C14H18N4O2S/c1-3-10-7-16-12(21-10)8-18-13-11(14(19)20-4-2)5-9(15)6-17-13/h5-7H,3-4,8,15H2,1-2H3,(H,17,18). The molecule has 2 aromatic heterocycles. The number of anilines is 2. The molecule has 0 bridgehead atoms. The number of thiazole rings is 1. The van der Waals surface area contributed by atoms with E-state index in [-0.39, 0.29) is 0 Å². The summed E-state index contributed by atoms with van der Waals surface area (Å²) < 4.78 is 5.01. The minimum atomic E-state index is -0.437. The second-order valence-electron chi connectivity index (χ2n) is 4.31. The molecule has 3 N–H and O–H groups in total. The van der Waals surface area contributed by atoms with Crippen LogP contribution in [0.3, 0.4) is 0 Å². The molecule has 112 valence electrons. The fourth-order valence-electron chi connectivity index (χ4n) is 1.74. The predicted molar refractivity (Wildman–Crippen MR) is 83.4 cm³/mol. The Labute approximate surface area is 127 Å². The van der Waals surface area contributed by atoms with Gasteiger partial charge < -0.3 is 15.8 Å². The van der Waals surface area contributed by atoms with Crippen LogP contribution in [-0.2, 0) is 17.7 Å². The van der Waals surface area contributed by atoms with E-state index in [4.69, 9.17) is 10.5 Å². The van der Waals surface area contributed by atoms with Gasteiger partial charge in [-0.25, -0.2) is 14.8 Å². The van der Waals surface area contributed by atoms with E-state index in [2.05, 4.69) is 22.2 Å². The van der Waals surface area contributed by atoms with Crippen LogP contribution in [0.15, 0.2) is 18.5 Å². The number of hydrogen-bond acceptors (Lipinski definition) is 7. The maximum Gasteiger partial charge on any atom is 0.341 e. The molecule has 2 aromatic rings. The van der Waals surface area contributed by atoms with E-state index in [0.29, 0.717) is 30.2 Å². The summed E-state index contributed by atoms with van der Waals surface area (Å²) in [5, 5.41) is 4.06. The number of ether oxygens (including phenoxy) is 1. The Morgan fingerprint density at radius 3 is 2.86 bits per heavy atom. The number of hydrogen-bond donors (Lipinski definition) is 2. The smallest absolute Gasteiger partial charge is 0.341 e. The van der Waals surface area contributed by atoms with E-state index in [1.165, 1.54) is 11.1 Å². The molecular formula is C14H18N4O2S. The van der Waals surface area contributed by atoms with Crippen LogP contribution in [0.25, 0.3) is 0 Å². The molecule has 0 radical (unpaired) electrons. The Balaban J connectivity index is 2.13. The molecule has 7 heteroatoms. The van der Waals surface area contributed by atoms with Gasteiger partial charge in [0, 0.05) is 11.1 Å². The van der Waals surface area contributed by atoms with Gasteiger partial charge in [-0.3, -0.25) is 0 Å². The number of aromatic nitrogens is 2. The number of carbonyl (C=O) groups is 1. The van der Waals surface area contributed by atoms with Crippen LogP contribution < -0.4 is 11.1 Å². The van der Waals surface area contributed by atoms with Gasteiger partial charge in [-0.1, -0.05) is 6.92 Å². The zero-order valence-electron chi connectivity index (χ0n) is 12.0. The number of esters is 1. The topological polar surface area (TPSA) is 90.1 Å². The maximum atomic E-state index is 11.9. The monoisotopic (exact) mass is 306 g/mol. The maximum absolute atomic E-state index is 11.9. The van der Waals surface area contributed by atoms with Gasteiger partial charge in [-0.05, 0) is 19.4 Å². The zero-order chi connectivity index (χ0) is 15.2. The van der Waals surface area contributed by atoms with Gasteiger partial charge in [0.25, 0.3) is 0 Å². The summed E-state index contributed by atoms with van der Waals surface area (Å²) in [5.41, 5.74) is 6.44. The fourth-order valence-corrected chi connectivity index (χ4v) is 2.54. The first kappa shape index (κ1) is 15.2. The van der Waals surface area contributed by atoms with E-state index in [0.717, 1.165) is 11.4 Å². The second kappa shape index (κ2) is 7.03. The third-order valence-corrected chi connectivity index (χ3v) is 3.90. The molecule has 21 heavy (non-hydrogen) atoms. The van der Waals surface area contributed by atoms with Crippen molar-refractivity contribution in [3.8, 4) is 0 Å². The fraction of sp³-hybridized carbons (Fsp3) is 0.357. The van der Waals surface area contributed by atoms with Crippen molar-refractivity contribution in [2.75, 3.05) is 17.7 Å². The van der Waals surface area contributed by atoms with Crippen molar-refractivity contribution in [3.63, 3.8) is 0 Å². The third-order valence-electron chi connectivity index (χ3n) is 2.76. The molecule has 0 saturated carbocycles. The Bertz CT molecular complexity index is 627. The lowest BCUT2D eigenvalue weighted by molar-refractivity contribution is 0.0527. The van der Waals surface area contributed by atoms with Gasteiger partial charge in [0.05, 0.1) is 25.0 Å². The molecule has 0 aliphatic rings. The number of pyridine rings is 1. The highest BCUT2D eigenvalue weighted by Gasteiger charge is 2.14. The molecule has 0 aliphatic carbocycles. The van der Waals surface area contributed by atoms with E-state index in [1.54, 1.807) is 24.3 Å². The highest BCUT2D eigenvalue weighted by Crippen LogP contribution is 2.19. The van der Waals surface area contributed by atoms with Gasteiger partial charge in [0.15, 0.2) is 0 Å². The van der Waals surface area contributed by atoms with Crippen molar-refractivity contribution in [2.24, 2.45) is 0 Å². The molecule has 0 aromatic carbocycles. The molecular weight excluding hydrogens is 288 g/mol. The number of nitrogens with two attached hydrogens (primary N) is 1. The first-order valence-electron chi connectivity index (χ1n) is 6.74. The molecule has 0 unspecified atom stereocenters. The van der Waals surface area contributed by atoms with Gasteiger partial charge in [-0.15, -0.1) is 11.3 Å². The summed E-state index contributed by atoms with van der Waals surface area (Å²) >= 11 is 1.64. The van der Waals surface area contributed by atoms with E-state index < -0.39 is 5.97 Å². The zero-order valence-corrected chi connectivity index (χ0v) is 12.9. The average molecular weight is 306 g/mol. The van der Waals surface area contributed by atoms with E-state index in [9.17, 15) is 4.79 Å². The van der Waals surface area contributed by atoms with Crippen molar-refractivity contribution >= 4 is 28.8 Å². The van der Waals surface area contributed by atoms with Crippen LogP contribution in [-0.4, -0.2) is 22.5 Å². The number of rotatable bonds is 6. The number of nitrogens with one attached hydrogen (secondary N) is 1. The minimum Gasteiger partial charge on any atom is -0.462 e. The average Bonchev–Trinajstić information content (AvgIpc) is 2.94. The highest BCUT2D eigenvalue weighted by atomic mass is 32.1. The van der Waals surface area contributed by atoms with Crippen LogP contribution in [0, 0.1) is 0 Å². The van der Waals surface area contributed by atoms with Crippen LogP contribution >= 0.6 is 11.3 Å². The van der Waals surface area contributed by atoms with Gasteiger partial charge >= 0.3 is 5.97 Å². The Morgan fingerprint density at radius 1 is 1.38 bits per heavy atom. The Kier molecular flexibility index (Phi) is 5.10. The molecule has 6 nitrogen and oxygen atoms in total. The first-order chi connectivity index (χ1) is 10.1. The molecule has 2 heterocycles. The van der Waals surface area contributed by atoms with Crippen molar-refractivity contribution in [2.45, 2.75) is 26.8 Å². The van der Waals surface area contributed by atoms with Gasteiger partial charge in [-0.2, -0.15) is 0 Å². The van der Waals surface area contributed by atoms with Crippen molar-refractivity contribution in [1.29, 1.82) is 0 Å². The molecule has 0 saturated heterocycles. The van der Waals surface area contributed by atoms with Crippen LogP contribution in [0.2, 0.25) is 0 Å². The van der Waals surface area contributed by atoms with Crippen LogP contribution in [0.1, 0.15) is 34.1 Å². The summed E-state index contributed by atoms with van der Waals surface area (Å²) in [6.07, 6.45) is 4.33. The third kappa shape index (κ3) is 3.91. The van der Waals surface area contributed by atoms with Crippen molar-refractivity contribution in [3.05, 3.63) is 33.9 Å². The van der Waals surface area contributed by atoms with Gasteiger partial charge in [0.1, 0.15) is 16.4 Å². The Hall–Kier alpha value is -2.15. The van der Waals surface area contributed by atoms with E-state index >= 15 is 0 Å². The largest absolute Gasteiger partial charge is 0.462 e. The summed E-state index contributed by atoms with van der Waals surface area (Å²) in [5.74, 6) is 0.0177. The quantitative estimate of drug-likeness (QED) is 0.797. The summed E-state index contributed by atoms with van der Waals surface area (Å²) in [6, 6.07) is 1.56. The molecule has 0 spiro atoms.